The number of nitrogens with zero attached hydrogens (tertiary/aromatic N) is 1. The van der Waals surface area contributed by atoms with Crippen molar-refractivity contribution in [3.8, 4) is 5.75 Å². The van der Waals surface area contributed by atoms with Crippen molar-refractivity contribution in [1.29, 1.82) is 0 Å². The minimum Gasteiger partial charge on any atom is -0.507 e. The van der Waals surface area contributed by atoms with E-state index in [1.165, 1.54) is 13.2 Å². The molecule has 1 aromatic rings. The van der Waals surface area contributed by atoms with Crippen LogP contribution in [-0.2, 0) is 9.53 Å². The molecular weight excluding hydrogens is 385 g/mol. The maximum absolute atomic E-state index is 12.6. The van der Waals surface area contributed by atoms with Gasteiger partial charge >= 0.3 is 5.97 Å². The van der Waals surface area contributed by atoms with Crippen LogP contribution in [0.5, 0.6) is 5.75 Å². The van der Waals surface area contributed by atoms with E-state index in [4.69, 9.17) is 4.74 Å². The largest absolute Gasteiger partial charge is 0.507 e. The predicted octanol–water partition coefficient (Wildman–Crippen LogP) is 2.55. The third-order valence-corrected chi connectivity index (χ3v) is 4.62. The fourth-order valence-corrected chi connectivity index (χ4v) is 2.90. The van der Waals surface area contributed by atoms with Crippen LogP contribution in [0.15, 0.2) is 18.2 Å². The molecule has 1 unspecified atom stereocenters. The molecule has 0 saturated carbocycles. The van der Waals surface area contributed by atoms with E-state index in [9.17, 15) is 14.7 Å². The standard InChI is InChI=1S/C15H18INO4/c1-21-14(19)9-11-4-2-3-7-17(11)15(20)10-5-6-12(16)13(18)8-10/h5-6,8,11,18H,2-4,7,9H2,1H3. The Kier molecular flexibility index (Phi) is 5.44. The summed E-state index contributed by atoms with van der Waals surface area (Å²) >= 11 is 2.01. The van der Waals surface area contributed by atoms with Crippen molar-refractivity contribution in [2.24, 2.45) is 0 Å². The summed E-state index contributed by atoms with van der Waals surface area (Å²) in [5.41, 5.74) is 0.449. The molecule has 5 nitrogen and oxygen atoms in total. The number of rotatable bonds is 3. The highest BCUT2D eigenvalue weighted by Gasteiger charge is 2.29. The van der Waals surface area contributed by atoms with E-state index in [0.29, 0.717) is 15.7 Å². The van der Waals surface area contributed by atoms with Gasteiger partial charge in [0, 0.05) is 18.2 Å². The molecule has 1 atom stereocenters. The Morgan fingerprint density at radius 2 is 2.19 bits per heavy atom. The number of carbonyl (C=O) groups excluding carboxylic acids is 2. The average molecular weight is 403 g/mol. The van der Waals surface area contributed by atoms with E-state index in [0.717, 1.165) is 19.3 Å². The molecule has 6 heteroatoms. The Morgan fingerprint density at radius 3 is 2.86 bits per heavy atom. The van der Waals surface area contributed by atoms with Crippen molar-refractivity contribution < 1.29 is 19.4 Å². The summed E-state index contributed by atoms with van der Waals surface area (Å²) in [6, 6.07) is 4.77. The van der Waals surface area contributed by atoms with E-state index in [-0.39, 0.29) is 30.1 Å². The molecule has 1 aliphatic heterocycles. The molecule has 1 heterocycles. The summed E-state index contributed by atoms with van der Waals surface area (Å²) in [5, 5.41) is 9.74. The number of methoxy groups -OCH3 is 1. The van der Waals surface area contributed by atoms with E-state index < -0.39 is 0 Å². The van der Waals surface area contributed by atoms with Crippen molar-refractivity contribution in [2.75, 3.05) is 13.7 Å². The normalized spacial score (nSPS) is 18.4. The lowest BCUT2D eigenvalue weighted by atomic mass is 9.98. The number of halogens is 1. The Morgan fingerprint density at radius 1 is 1.43 bits per heavy atom. The van der Waals surface area contributed by atoms with Crippen LogP contribution >= 0.6 is 22.6 Å². The SMILES string of the molecule is COC(=O)CC1CCCCN1C(=O)c1ccc(I)c(O)c1. The molecule has 0 spiro atoms. The molecule has 1 saturated heterocycles. The molecule has 0 aliphatic carbocycles. The number of amides is 1. The molecule has 0 radical (unpaired) electrons. The molecule has 2 rings (SSSR count). The Hall–Kier alpha value is -1.31. The number of hydrogen-bond acceptors (Lipinski definition) is 4. The first-order valence-electron chi connectivity index (χ1n) is 6.89. The fraction of sp³-hybridized carbons (Fsp3) is 0.467. The van der Waals surface area contributed by atoms with E-state index >= 15 is 0 Å². The molecule has 1 aromatic carbocycles. The Labute approximate surface area is 137 Å². The van der Waals surface area contributed by atoms with Gasteiger partial charge in [0.15, 0.2) is 0 Å². The highest BCUT2D eigenvalue weighted by molar-refractivity contribution is 14.1. The Balaban J connectivity index is 2.17. The number of phenolic OH excluding ortho intramolecular Hbond substituents is 1. The first-order valence-corrected chi connectivity index (χ1v) is 7.97. The van der Waals surface area contributed by atoms with Gasteiger partial charge < -0.3 is 14.7 Å². The molecule has 0 aromatic heterocycles. The van der Waals surface area contributed by atoms with Crippen LogP contribution in [0.2, 0.25) is 0 Å². The lowest BCUT2D eigenvalue weighted by molar-refractivity contribution is -0.142. The number of esters is 1. The van der Waals surface area contributed by atoms with Crippen molar-refractivity contribution in [2.45, 2.75) is 31.7 Å². The summed E-state index contributed by atoms with van der Waals surface area (Å²) in [5.74, 6) is -0.344. The van der Waals surface area contributed by atoms with Crippen LogP contribution in [0.3, 0.4) is 0 Å². The van der Waals surface area contributed by atoms with Crippen molar-refractivity contribution in [3.05, 3.63) is 27.3 Å². The number of carbonyl (C=O) groups is 2. The van der Waals surface area contributed by atoms with Gasteiger partial charge in [-0.3, -0.25) is 9.59 Å². The van der Waals surface area contributed by atoms with E-state index in [1.54, 1.807) is 17.0 Å². The summed E-state index contributed by atoms with van der Waals surface area (Å²) < 4.78 is 5.41. The number of likely N-dealkylation sites (tertiary alicyclic amines) is 1. The highest BCUT2D eigenvalue weighted by atomic mass is 127. The number of hydrogen-bond donors (Lipinski definition) is 1. The van der Waals surface area contributed by atoms with Crippen LogP contribution in [0.4, 0.5) is 0 Å². The van der Waals surface area contributed by atoms with Gasteiger partial charge in [-0.2, -0.15) is 0 Å². The zero-order valence-corrected chi connectivity index (χ0v) is 14.0. The highest BCUT2D eigenvalue weighted by Crippen LogP contribution is 2.25. The van der Waals surface area contributed by atoms with Crippen molar-refractivity contribution in [3.63, 3.8) is 0 Å². The van der Waals surface area contributed by atoms with Crippen LogP contribution in [0.1, 0.15) is 36.0 Å². The van der Waals surface area contributed by atoms with Crippen LogP contribution in [0.25, 0.3) is 0 Å². The predicted molar refractivity (Wildman–Crippen MR) is 86.1 cm³/mol. The van der Waals surface area contributed by atoms with Crippen LogP contribution < -0.4 is 0 Å². The number of piperidine rings is 1. The molecule has 0 bridgehead atoms. The molecule has 21 heavy (non-hydrogen) atoms. The summed E-state index contributed by atoms with van der Waals surface area (Å²) in [6.45, 7) is 0.632. The lowest BCUT2D eigenvalue weighted by Gasteiger charge is -2.35. The number of benzene rings is 1. The molecular formula is C15H18INO4. The van der Waals surface area contributed by atoms with Gasteiger partial charge in [0.25, 0.3) is 5.91 Å². The van der Waals surface area contributed by atoms with Crippen LogP contribution in [-0.4, -0.2) is 41.6 Å². The average Bonchev–Trinajstić information content (AvgIpc) is 2.49. The minimum absolute atomic E-state index is 0.1000. The molecule has 1 amide bonds. The third kappa shape index (κ3) is 3.87. The molecule has 1 N–H and O–H groups in total. The van der Waals surface area contributed by atoms with Gasteiger partial charge in [0.05, 0.1) is 17.1 Å². The maximum atomic E-state index is 12.6. The second kappa shape index (κ2) is 7.11. The maximum Gasteiger partial charge on any atom is 0.307 e. The van der Waals surface area contributed by atoms with Gasteiger partial charge in [-0.25, -0.2) is 0 Å². The third-order valence-electron chi connectivity index (χ3n) is 3.71. The molecule has 114 valence electrons. The zero-order chi connectivity index (χ0) is 15.4. The summed E-state index contributed by atoms with van der Waals surface area (Å²) in [4.78, 5) is 25.8. The summed E-state index contributed by atoms with van der Waals surface area (Å²) in [7, 11) is 1.36. The zero-order valence-electron chi connectivity index (χ0n) is 11.8. The van der Waals surface area contributed by atoms with Gasteiger partial charge in [0.2, 0.25) is 0 Å². The minimum atomic E-state index is -0.301. The second-order valence-electron chi connectivity index (χ2n) is 5.09. The second-order valence-corrected chi connectivity index (χ2v) is 6.26. The van der Waals surface area contributed by atoms with Crippen molar-refractivity contribution in [1.82, 2.24) is 4.90 Å². The number of phenols is 1. The number of ether oxygens (including phenoxy) is 1. The smallest absolute Gasteiger partial charge is 0.307 e. The quantitative estimate of drug-likeness (QED) is 0.623. The first kappa shape index (κ1) is 16.1. The summed E-state index contributed by atoms with van der Waals surface area (Å²) in [6.07, 6.45) is 2.96. The van der Waals surface area contributed by atoms with Gasteiger partial charge in [-0.05, 0) is 60.1 Å². The Bertz CT molecular complexity index is 546. The fourth-order valence-electron chi connectivity index (χ4n) is 2.57. The van der Waals surface area contributed by atoms with Gasteiger partial charge in [-0.15, -0.1) is 0 Å². The molecule has 1 aliphatic rings. The van der Waals surface area contributed by atoms with Gasteiger partial charge in [0.1, 0.15) is 5.75 Å². The van der Waals surface area contributed by atoms with E-state index in [2.05, 4.69) is 0 Å². The first-order chi connectivity index (χ1) is 10.0. The molecule has 1 fully saturated rings. The van der Waals surface area contributed by atoms with Gasteiger partial charge in [-0.1, -0.05) is 0 Å². The van der Waals surface area contributed by atoms with E-state index in [1.807, 2.05) is 22.6 Å². The number of aromatic hydroxyl groups is 1. The topological polar surface area (TPSA) is 66.8 Å². The lowest BCUT2D eigenvalue weighted by Crippen LogP contribution is -2.44. The van der Waals surface area contributed by atoms with Crippen molar-refractivity contribution >= 4 is 34.5 Å². The monoisotopic (exact) mass is 403 g/mol. The van der Waals surface area contributed by atoms with Crippen LogP contribution in [0, 0.1) is 3.57 Å².